The lowest BCUT2D eigenvalue weighted by Crippen LogP contribution is -2.49. The fourth-order valence-electron chi connectivity index (χ4n) is 1.38. The highest BCUT2D eigenvalue weighted by Gasteiger charge is 2.48. The Morgan fingerprint density at radius 3 is 2.25 bits per heavy atom. The summed E-state index contributed by atoms with van der Waals surface area (Å²) in [6.45, 7) is -0.679. The van der Waals surface area contributed by atoms with E-state index in [0.717, 1.165) is 0 Å². The molecule has 6 heteroatoms. The molecule has 0 radical (unpaired) electrons. The van der Waals surface area contributed by atoms with Crippen LogP contribution in [0.2, 0.25) is 5.02 Å². The van der Waals surface area contributed by atoms with Crippen LogP contribution in [0, 0.1) is 0 Å². The lowest BCUT2D eigenvalue weighted by Gasteiger charge is -2.27. The minimum atomic E-state index is -3.09. The van der Waals surface area contributed by atoms with Crippen molar-refractivity contribution in [1.29, 1.82) is 0 Å². The van der Waals surface area contributed by atoms with Crippen LogP contribution in [-0.2, 0) is 10.2 Å². The van der Waals surface area contributed by atoms with Gasteiger partial charge in [-0.25, -0.2) is 8.78 Å². The maximum Gasteiger partial charge on any atom is 0.321 e. The topological polar surface area (TPSA) is 63.3 Å². The number of benzene rings is 1. The number of halogens is 3. The molecule has 3 nitrogen and oxygen atoms in total. The standard InChI is InChI=1S/C10H10ClF2NO2/c11-7-3-1-6(2-4-7)10(5-14,8(12)13)9(15)16/h1-4,8H,5,14H2,(H,15,16). The van der Waals surface area contributed by atoms with E-state index in [2.05, 4.69) is 0 Å². The lowest BCUT2D eigenvalue weighted by atomic mass is 9.81. The molecule has 0 aromatic heterocycles. The minimum absolute atomic E-state index is 0.0538. The largest absolute Gasteiger partial charge is 0.480 e. The Hall–Kier alpha value is -1.20. The van der Waals surface area contributed by atoms with Crippen LogP contribution in [0.4, 0.5) is 8.78 Å². The van der Waals surface area contributed by atoms with Crippen LogP contribution in [-0.4, -0.2) is 24.0 Å². The summed E-state index contributed by atoms with van der Waals surface area (Å²) in [6, 6.07) is 5.20. The van der Waals surface area contributed by atoms with Gasteiger partial charge < -0.3 is 10.8 Å². The second kappa shape index (κ2) is 4.76. The SMILES string of the molecule is NCC(C(=O)O)(c1ccc(Cl)cc1)C(F)F. The van der Waals surface area contributed by atoms with E-state index in [0.29, 0.717) is 5.02 Å². The summed E-state index contributed by atoms with van der Waals surface area (Å²) < 4.78 is 25.8. The number of carboxylic acid groups (broad SMARTS) is 1. The van der Waals surface area contributed by atoms with E-state index in [4.69, 9.17) is 22.4 Å². The number of nitrogens with two attached hydrogens (primary N) is 1. The average molecular weight is 250 g/mol. The average Bonchev–Trinajstić information content (AvgIpc) is 2.21. The van der Waals surface area contributed by atoms with Crippen LogP contribution >= 0.6 is 11.6 Å². The van der Waals surface area contributed by atoms with Crippen molar-refractivity contribution in [3.63, 3.8) is 0 Å². The number of hydrogen-bond acceptors (Lipinski definition) is 2. The number of carbonyl (C=O) groups is 1. The van der Waals surface area contributed by atoms with Crippen molar-refractivity contribution in [3.05, 3.63) is 34.9 Å². The van der Waals surface area contributed by atoms with E-state index >= 15 is 0 Å². The molecule has 0 bridgehead atoms. The van der Waals surface area contributed by atoms with Gasteiger partial charge in [-0.1, -0.05) is 23.7 Å². The van der Waals surface area contributed by atoms with Crippen molar-refractivity contribution >= 4 is 17.6 Å². The van der Waals surface area contributed by atoms with Gasteiger partial charge in [0.15, 0.2) is 5.41 Å². The Morgan fingerprint density at radius 2 is 1.94 bits per heavy atom. The predicted octanol–water partition coefficient (Wildman–Crippen LogP) is 1.89. The molecule has 0 aliphatic rings. The highest BCUT2D eigenvalue weighted by molar-refractivity contribution is 6.30. The van der Waals surface area contributed by atoms with E-state index in [-0.39, 0.29) is 5.56 Å². The van der Waals surface area contributed by atoms with Crippen LogP contribution in [0.25, 0.3) is 0 Å². The number of carboxylic acids is 1. The molecule has 0 saturated heterocycles. The molecule has 88 valence electrons. The Morgan fingerprint density at radius 1 is 1.44 bits per heavy atom. The van der Waals surface area contributed by atoms with E-state index in [1.54, 1.807) is 0 Å². The highest BCUT2D eigenvalue weighted by Crippen LogP contribution is 2.31. The van der Waals surface area contributed by atoms with Gasteiger partial charge in [-0.3, -0.25) is 4.79 Å². The molecule has 0 spiro atoms. The number of hydrogen-bond donors (Lipinski definition) is 2. The molecule has 1 aromatic carbocycles. The maximum atomic E-state index is 12.9. The van der Waals surface area contributed by atoms with Crippen LogP contribution in [0.15, 0.2) is 24.3 Å². The monoisotopic (exact) mass is 249 g/mol. The maximum absolute atomic E-state index is 12.9. The van der Waals surface area contributed by atoms with Crippen molar-refractivity contribution in [2.24, 2.45) is 5.73 Å². The fraction of sp³-hybridized carbons (Fsp3) is 0.300. The van der Waals surface area contributed by atoms with Gasteiger partial charge in [-0.15, -0.1) is 0 Å². The quantitative estimate of drug-likeness (QED) is 0.857. The molecule has 0 fully saturated rings. The first-order valence-corrected chi connectivity index (χ1v) is 4.80. The van der Waals surface area contributed by atoms with Gasteiger partial charge in [0.05, 0.1) is 0 Å². The van der Waals surface area contributed by atoms with Gasteiger partial charge in [-0.05, 0) is 17.7 Å². The number of rotatable bonds is 4. The lowest BCUT2D eigenvalue weighted by molar-refractivity contribution is -0.149. The third-order valence-electron chi connectivity index (χ3n) is 2.44. The molecule has 16 heavy (non-hydrogen) atoms. The molecular formula is C10H10ClF2NO2. The first-order valence-electron chi connectivity index (χ1n) is 4.42. The molecule has 0 aliphatic heterocycles. The van der Waals surface area contributed by atoms with Crippen LogP contribution in [0.3, 0.4) is 0 Å². The third-order valence-corrected chi connectivity index (χ3v) is 2.69. The Kier molecular flexibility index (Phi) is 3.83. The normalized spacial score (nSPS) is 14.8. The summed E-state index contributed by atoms with van der Waals surface area (Å²) in [5.41, 5.74) is 2.76. The van der Waals surface area contributed by atoms with E-state index in [1.807, 2.05) is 0 Å². The van der Waals surface area contributed by atoms with Gasteiger partial charge >= 0.3 is 5.97 Å². The van der Waals surface area contributed by atoms with Gasteiger partial charge in [0, 0.05) is 11.6 Å². The molecule has 0 saturated carbocycles. The first-order chi connectivity index (χ1) is 7.45. The summed E-state index contributed by atoms with van der Waals surface area (Å²) in [5.74, 6) is -1.65. The third kappa shape index (κ3) is 2.01. The minimum Gasteiger partial charge on any atom is -0.480 e. The van der Waals surface area contributed by atoms with Gasteiger partial charge in [0.1, 0.15) is 0 Å². The Labute approximate surface area is 95.8 Å². The van der Waals surface area contributed by atoms with E-state index in [1.165, 1.54) is 24.3 Å². The van der Waals surface area contributed by atoms with Crippen molar-refractivity contribution in [2.75, 3.05) is 6.54 Å². The molecule has 1 unspecified atom stereocenters. The van der Waals surface area contributed by atoms with Crippen molar-refractivity contribution in [2.45, 2.75) is 11.8 Å². The number of aliphatic carboxylic acids is 1. The summed E-state index contributed by atoms with van der Waals surface area (Å²) in [5, 5.41) is 9.27. The molecular weight excluding hydrogens is 240 g/mol. The summed E-state index contributed by atoms with van der Waals surface area (Å²) in [7, 11) is 0. The molecule has 1 aromatic rings. The van der Waals surface area contributed by atoms with Crippen molar-refractivity contribution in [3.8, 4) is 0 Å². The predicted molar refractivity (Wildman–Crippen MR) is 55.8 cm³/mol. The summed E-state index contributed by atoms with van der Waals surface area (Å²) >= 11 is 5.60. The van der Waals surface area contributed by atoms with Crippen molar-refractivity contribution < 1.29 is 18.7 Å². The zero-order valence-electron chi connectivity index (χ0n) is 8.16. The van der Waals surface area contributed by atoms with Gasteiger partial charge in [-0.2, -0.15) is 0 Å². The smallest absolute Gasteiger partial charge is 0.321 e. The molecule has 0 aliphatic carbocycles. The first kappa shape index (κ1) is 12.9. The second-order valence-electron chi connectivity index (χ2n) is 3.29. The molecule has 0 heterocycles. The molecule has 0 amide bonds. The molecule has 3 N–H and O–H groups in total. The zero-order valence-corrected chi connectivity index (χ0v) is 8.92. The fourth-order valence-corrected chi connectivity index (χ4v) is 1.51. The summed E-state index contributed by atoms with van der Waals surface area (Å²) in [4.78, 5) is 11.0. The molecule has 1 rings (SSSR count). The zero-order chi connectivity index (χ0) is 12.3. The van der Waals surface area contributed by atoms with Gasteiger partial charge in [0.2, 0.25) is 0 Å². The van der Waals surface area contributed by atoms with Crippen molar-refractivity contribution in [1.82, 2.24) is 0 Å². The Balaban J connectivity index is 3.30. The van der Waals surface area contributed by atoms with E-state index < -0.39 is 24.4 Å². The highest BCUT2D eigenvalue weighted by atomic mass is 35.5. The second-order valence-corrected chi connectivity index (χ2v) is 3.72. The van der Waals surface area contributed by atoms with Gasteiger partial charge in [0.25, 0.3) is 6.43 Å². The van der Waals surface area contributed by atoms with E-state index in [9.17, 15) is 13.6 Å². The van der Waals surface area contributed by atoms with Crippen LogP contribution in [0.1, 0.15) is 5.56 Å². The van der Waals surface area contributed by atoms with Crippen LogP contribution < -0.4 is 5.73 Å². The number of alkyl halides is 2. The van der Waals surface area contributed by atoms with Crippen LogP contribution in [0.5, 0.6) is 0 Å². The Bertz CT molecular complexity index is 383. The molecule has 1 atom stereocenters. The summed E-state index contributed by atoms with van der Waals surface area (Å²) in [6.07, 6.45) is -3.09.